The minimum absolute atomic E-state index is 0.0223. The number of hydrogen-bond donors (Lipinski definition) is 0. The molecule has 1 fully saturated rings. The first-order valence-electron chi connectivity index (χ1n) is 14.6. The van der Waals surface area contributed by atoms with Gasteiger partial charge in [-0.2, -0.15) is 13.2 Å². The number of piperidine rings is 1. The molecule has 1 unspecified atom stereocenters. The van der Waals surface area contributed by atoms with Crippen molar-refractivity contribution in [3.8, 4) is 5.69 Å². The number of nitrogens with zero attached hydrogens (tertiary/aromatic N) is 5. The van der Waals surface area contributed by atoms with Gasteiger partial charge >= 0.3 is 6.18 Å². The molecule has 0 aliphatic carbocycles. The molecule has 2 aliphatic rings. The van der Waals surface area contributed by atoms with E-state index in [0.29, 0.717) is 11.3 Å². The molecule has 1 saturated heterocycles. The van der Waals surface area contributed by atoms with Crippen molar-refractivity contribution < 1.29 is 18.0 Å². The van der Waals surface area contributed by atoms with Crippen molar-refractivity contribution >= 4 is 11.6 Å². The maximum absolute atomic E-state index is 14.2. The van der Waals surface area contributed by atoms with E-state index in [1.807, 2.05) is 26.0 Å². The first-order valence-corrected chi connectivity index (χ1v) is 14.6. The molecule has 6 rings (SSSR count). The third kappa shape index (κ3) is 5.23. The van der Waals surface area contributed by atoms with Crippen molar-refractivity contribution in [2.45, 2.75) is 65.3 Å². The maximum Gasteiger partial charge on any atom is 0.416 e. The molecule has 7 nitrogen and oxygen atoms in total. The lowest BCUT2D eigenvalue weighted by Crippen LogP contribution is -2.47. The minimum atomic E-state index is -4.55. The summed E-state index contributed by atoms with van der Waals surface area (Å²) in [7, 11) is 0. The fraction of sp³-hybridized carbons (Fsp3) is 0.364. The molecule has 224 valence electrons. The highest BCUT2D eigenvalue weighted by molar-refractivity contribution is 5.94. The second kappa shape index (κ2) is 11.1. The van der Waals surface area contributed by atoms with E-state index in [9.17, 15) is 22.8 Å². The Morgan fingerprint density at radius 2 is 1.63 bits per heavy atom. The number of alkyl halides is 3. The van der Waals surface area contributed by atoms with Crippen molar-refractivity contribution in [3.05, 3.63) is 111 Å². The summed E-state index contributed by atoms with van der Waals surface area (Å²) in [5, 5.41) is 0. The van der Waals surface area contributed by atoms with E-state index < -0.39 is 29.2 Å². The molecular weight excluding hydrogens is 555 g/mol. The van der Waals surface area contributed by atoms with E-state index in [0.717, 1.165) is 54.5 Å². The molecule has 4 heterocycles. The van der Waals surface area contributed by atoms with Crippen LogP contribution >= 0.6 is 0 Å². The first kappa shape index (κ1) is 28.8. The van der Waals surface area contributed by atoms with Crippen LogP contribution in [0.4, 0.5) is 18.9 Å². The fourth-order valence-corrected chi connectivity index (χ4v) is 6.52. The predicted molar refractivity (Wildman–Crippen MR) is 159 cm³/mol. The molecule has 2 aromatic carbocycles. The van der Waals surface area contributed by atoms with Gasteiger partial charge in [-0.3, -0.25) is 14.2 Å². The maximum atomic E-state index is 14.2. The van der Waals surface area contributed by atoms with E-state index in [-0.39, 0.29) is 24.3 Å². The molecule has 0 bridgehead atoms. The van der Waals surface area contributed by atoms with Gasteiger partial charge in [0.25, 0.3) is 11.5 Å². The quantitative estimate of drug-likeness (QED) is 0.272. The number of anilines is 1. The second-order valence-corrected chi connectivity index (χ2v) is 11.5. The predicted octanol–water partition coefficient (Wildman–Crippen LogP) is 6.37. The topological polar surface area (TPSA) is 63.4 Å². The summed E-state index contributed by atoms with van der Waals surface area (Å²) in [6.07, 6.45) is 2.14. The van der Waals surface area contributed by atoms with Crippen LogP contribution in [0.1, 0.15) is 69.3 Å². The Morgan fingerprint density at radius 3 is 2.33 bits per heavy atom. The summed E-state index contributed by atoms with van der Waals surface area (Å²) in [6, 6.07) is 12.5. The van der Waals surface area contributed by atoms with Gasteiger partial charge in [-0.15, -0.1) is 0 Å². The standard InChI is InChI=1S/C33H34F3N5O2/c1-21-17-39(20-37-21)28-13-14-29-32(43)40(18-24-9-7-12-27(22(24)2)38-15-5-4-6-16-38)30(19-41(29)31(28)42)25-10-8-11-26(23(25)3)33(34,35)36/h7-14,17,20,30H,4-6,15-16,18-19H2,1-3H3. The van der Waals surface area contributed by atoms with Crippen molar-refractivity contribution in [1.29, 1.82) is 0 Å². The van der Waals surface area contributed by atoms with Crippen LogP contribution in [-0.4, -0.2) is 38.0 Å². The number of rotatable bonds is 5. The summed E-state index contributed by atoms with van der Waals surface area (Å²) < 4.78 is 45.0. The van der Waals surface area contributed by atoms with Gasteiger partial charge in [0.05, 0.1) is 30.2 Å². The number of halogens is 3. The Kier molecular flexibility index (Phi) is 7.40. The van der Waals surface area contributed by atoms with Gasteiger partial charge in [0.15, 0.2) is 0 Å². The number of fused-ring (bicyclic) bond motifs is 1. The van der Waals surface area contributed by atoms with Crippen LogP contribution in [0.5, 0.6) is 0 Å². The normalized spacial score (nSPS) is 17.3. The zero-order valence-electron chi connectivity index (χ0n) is 24.5. The van der Waals surface area contributed by atoms with Crippen LogP contribution in [-0.2, 0) is 19.3 Å². The summed E-state index contributed by atoms with van der Waals surface area (Å²) in [6.45, 7) is 7.44. The smallest absolute Gasteiger partial charge is 0.371 e. The van der Waals surface area contributed by atoms with Gasteiger partial charge in [0.1, 0.15) is 11.4 Å². The molecule has 0 saturated carbocycles. The van der Waals surface area contributed by atoms with Gasteiger partial charge < -0.3 is 14.4 Å². The van der Waals surface area contributed by atoms with E-state index in [2.05, 4.69) is 16.0 Å². The number of imidazole rings is 1. The number of benzene rings is 2. The third-order valence-electron chi connectivity index (χ3n) is 8.85. The number of hydrogen-bond acceptors (Lipinski definition) is 4. The average Bonchev–Trinajstić information content (AvgIpc) is 3.41. The SMILES string of the molecule is Cc1cn(-c2ccc3n(c2=O)CC(c2cccc(C(F)(F)F)c2C)N(Cc2cccc(N4CCCCC4)c2C)C3=O)cn1. The average molecular weight is 590 g/mol. The Bertz CT molecular complexity index is 1750. The molecule has 1 amide bonds. The molecule has 0 radical (unpaired) electrons. The molecule has 4 aromatic rings. The summed E-state index contributed by atoms with van der Waals surface area (Å²) >= 11 is 0. The van der Waals surface area contributed by atoms with E-state index in [1.54, 1.807) is 33.9 Å². The van der Waals surface area contributed by atoms with Crippen LogP contribution in [0.3, 0.4) is 0 Å². The van der Waals surface area contributed by atoms with Crippen LogP contribution in [0.2, 0.25) is 0 Å². The van der Waals surface area contributed by atoms with Crippen LogP contribution < -0.4 is 10.5 Å². The lowest BCUT2D eigenvalue weighted by molar-refractivity contribution is -0.138. The van der Waals surface area contributed by atoms with Crippen molar-refractivity contribution in [1.82, 2.24) is 19.0 Å². The third-order valence-corrected chi connectivity index (χ3v) is 8.85. The zero-order chi connectivity index (χ0) is 30.5. The molecule has 0 spiro atoms. The lowest BCUT2D eigenvalue weighted by Gasteiger charge is -2.39. The monoisotopic (exact) mass is 589 g/mol. The molecule has 0 N–H and O–H groups in total. The number of pyridine rings is 1. The Morgan fingerprint density at radius 1 is 0.884 bits per heavy atom. The number of amides is 1. The number of carbonyl (C=O) groups is 1. The molecule has 43 heavy (non-hydrogen) atoms. The highest BCUT2D eigenvalue weighted by Crippen LogP contribution is 2.39. The number of carbonyl (C=O) groups excluding carboxylic acids is 1. The lowest BCUT2D eigenvalue weighted by atomic mass is 9.92. The summed E-state index contributed by atoms with van der Waals surface area (Å²) in [5.41, 5.74) is 3.60. The van der Waals surface area contributed by atoms with Crippen molar-refractivity contribution in [2.24, 2.45) is 0 Å². The number of aromatic nitrogens is 3. The highest BCUT2D eigenvalue weighted by atomic mass is 19.4. The van der Waals surface area contributed by atoms with E-state index >= 15 is 0 Å². The van der Waals surface area contributed by atoms with Gasteiger partial charge in [-0.25, -0.2) is 4.98 Å². The molecule has 10 heteroatoms. The van der Waals surface area contributed by atoms with E-state index in [4.69, 9.17) is 0 Å². The molecular formula is C33H34F3N5O2. The minimum Gasteiger partial charge on any atom is -0.371 e. The van der Waals surface area contributed by atoms with Gasteiger partial charge in [-0.05, 0) is 86.6 Å². The van der Waals surface area contributed by atoms with Gasteiger partial charge in [-0.1, -0.05) is 24.3 Å². The van der Waals surface area contributed by atoms with Gasteiger partial charge in [0, 0.05) is 31.5 Å². The molecule has 2 aromatic heterocycles. The second-order valence-electron chi connectivity index (χ2n) is 11.5. The number of aryl methyl sites for hydroxylation is 1. The summed E-state index contributed by atoms with van der Waals surface area (Å²) in [4.78, 5) is 36.2. The Labute approximate surface area is 248 Å². The highest BCUT2D eigenvalue weighted by Gasteiger charge is 2.39. The van der Waals surface area contributed by atoms with Crippen LogP contribution in [0.25, 0.3) is 5.69 Å². The molecule has 1 atom stereocenters. The van der Waals surface area contributed by atoms with E-state index in [1.165, 1.54) is 30.3 Å². The zero-order valence-corrected chi connectivity index (χ0v) is 24.5. The van der Waals surface area contributed by atoms with Gasteiger partial charge in [0.2, 0.25) is 0 Å². The first-order chi connectivity index (χ1) is 20.5. The van der Waals surface area contributed by atoms with Crippen molar-refractivity contribution in [3.63, 3.8) is 0 Å². The van der Waals surface area contributed by atoms with Crippen molar-refractivity contribution in [2.75, 3.05) is 18.0 Å². The summed E-state index contributed by atoms with van der Waals surface area (Å²) in [5.74, 6) is -0.402. The van der Waals surface area contributed by atoms with Crippen LogP contribution in [0.15, 0.2) is 65.8 Å². The Hall–Kier alpha value is -4.34. The fourth-order valence-electron chi connectivity index (χ4n) is 6.52. The molecule has 2 aliphatic heterocycles. The Balaban J connectivity index is 1.47. The largest absolute Gasteiger partial charge is 0.416 e. The van der Waals surface area contributed by atoms with Crippen LogP contribution in [0, 0.1) is 20.8 Å².